The van der Waals surface area contributed by atoms with Crippen molar-refractivity contribution in [2.24, 2.45) is 0 Å². The third kappa shape index (κ3) is 2.95. The van der Waals surface area contributed by atoms with Crippen LogP contribution < -0.4 is 4.90 Å². The van der Waals surface area contributed by atoms with Gasteiger partial charge < -0.3 is 4.90 Å². The molecule has 0 heterocycles. The molecule has 0 aromatic heterocycles. The van der Waals surface area contributed by atoms with Gasteiger partial charge in [0.15, 0.2) is 0 Å². The number of aryl methyl sites for hydroxylation is 1. The average Bonchev–Trinajstić information content (AvgIpc) is 2.37. The Hall–Kier alpha value is -1.97. The van der Waals surface area contributed by atoms with Gasteiger partial charge in [-0.25, -0.2) is 0 Å². The molecule has 0 unspecified atom stereocenters. The zero-order valence-corrected chi connectivity index (χ0v) is 11.6. The van der Waals surface area contributed by atoms with Gasteiger partial charge in [-0.1, -0.05) is 18.2 Å². The largest absolute Gasteiger partial charge is 0.416 e. The number of hydrogen-bond acceptors (Lipinski definition) is 1. The summed E-state index contributed by atoms with van der Waals surface area (Å²) in [5, 5.41) is 0. The number of anilines is 1. The molecule has 4 heteroatoms. The van der Waals surface area contributed by atoms with Crippen molar-refractivity contribution in [1.29, 1.82) is 0 Å². The van der Waals surface area contributed by atoms with E-state index in [2.05, 4.69) is 0 Å². The zero-order valence-electron chi connectivity index (χ0n) is 11.6. The Morgan fingerprint density at radius 1 is 0.850 bits per heavy atom. The van der Waals surface area contributed by atoms with E-state index in [9.17, 15) is 13.2 Å². The van der Waals surface area contributed by atoms with Crippen molar-refractivity contribution < 1.29 is 13.2 Å². The first-order chi connectivity index (χ1) is 9.29. The fraction of sp³-hybridized carbons (Fsp3) is 0.250. The minimum Gasteiger partial charge on any atom is -0.377 e. The fourth-order valence-corrected chi connectivity index (χ4v) is 2.19. The van der Waals surface area contributed by atoms with Crippen molar-refractivity contribution in [1.82, 2.24) is 0 Å². The molecule has 0 aliphatic rings. The quantitative estimate of drug-likeness (QED) is 0.767. The van der Waals surface area contributed by atoms with Gasteiger partial charge in [0, 0.05) is 19.8 Å². The molecule has 2 rings (SSSR count). The summed E-state index contributed by atoms with van der Waals surface area (Å²) in [7, 11) is 3.92. The van der Waals surface area contributed by atoms with E-state index in [1.807, 2.05) is 44.1 Å². The maximum absolute atomic E-state index is 12.5. The van der Waals surface area contributed by atoms with Gasteiger partial charge in [0.05, 0.1) is 5.56 Å². The molecule has 0 saturated heterocycles. The van der Waals surface area contributed by atoms with Crippen LogP contribution in [0.25, 0.3) is 11.1 Å². The van der Waals surface area contributed by atoms with Crippen molar-refractivity contribution >= 4 is 5.69 Å². The van der Waals surface area contributed by atoms with E-state index in [1.54, 1.807) is 0 Å². The first kappa shape index (κ1) is 14.4. The molecule has 0 bridgehead atoms. The highest BCUT2D eigenvalue weighted by molar-refractivity contribution is 5.69. The highest BCUT2D eigenvalue weighted by Gasteiger charge is 2.29. The topological polar surface area (TPSA) is 3.24 Å². The van der Waals surface area contributed by atoms with Crippen LogP contribution in [0.15, 0.2) is 42.5 Å². The second-order valence-corrected chi connectivity index (χ2v) is 4.97. The van der Waals surface area contributed by atoms with Gasteiger partial charge in [0.25, 0.3) is 0 Å². The SMILES string of the molecule is Cc1cc(-c2ccc(C(F)(F)F)cc2)ccc1N(C)C. The summed E-state index contributed by atoms with van der Waals surface area (Å²) in [5.41, 5.74) is 3.27. The molecule has 0 atom stereocenters. The summed E-state index contributed by atoms with van der Waals surface area (Å²) < 4.78 is 37.6. The van der Waals surface area contributed by atoms with Gasteiger partial charge in [-0.2, -0.15) is 13.2 Å². The molecular weight excluding hydrogens is 263 g/mol. The smallest absolute Gasteiger partial charge is 0.377 e. The maximum Gasteiger partial charge on any atom is 0.416 e. The Kier molecular flexibility index (Phi) is 3.75. The number of rotatable bonds is 2. The summed E-state index contributed by atoms with van der Waals surface area (Å²) in [6, 6.07) is 11.1. The van der Waals surface area contributed by atoms with Crippen LogP contribution in [0.2, 0.25) is 0 Å². The Morgan fingerprint density at radius 2 is 1.40 bits per heavy atom. The van der Waals surface area contributed by atoms with Gasteiger partial charge in [-0.3, -0.25) is 0 Å². The lowest BCUT2D eigenvalue weighted by molar-refractivity contribution is -0.137. The normalized spacial score (nSPS) is 11.5. The maximum atomic E-state index is 12.5. The first-order valence-electron chi connectivity index (χ1n) is 6.24. The molecule has 0 radical (unpaired) electrons. The van der Waals surface area contributed by atoms with Crippen LogP contribution >= 0.6 is 0 Å². The summed E-state index contributed by atoms with van der Waals surface area (Å²) in [6.45, 7) is 1.99. The molecule has 0 spiro atoms. The number of hydrogen-bond donors (Lipinski definition) is 0. The monoisotopic (exact) mass is 279 g/mol. The van der Waals surface area contributed by atoms with Crippen LogP contribution in [0.3, 0.4) is 0 Å². The van der Waals surface area contributed by atoms with Crippen LogP contribution in [0.4, 0.5) is 18.9 Å². The number of halogens is 3. The third-order valence-corrected chi connectivity index (χ3v) is 3.22. The number of benzene rings is 2. The molecule has 20 heavy (non-hydrogen) atoms. The summed E-state index contributed by atoms with van der Waals surface area (Å²) in [5.74, 6) is 0. The highest BCUT2D eigenvalue weighted by atomic mass is 19.4. The molecule has 0 N–H and O–H groups in total. The summed E-state index contributed by atoms with van der Waals surface area (Å²) >= 11 is 0. The van der Waals surface area contributed by atoms with Crippen molar-refractivity contribution in [3.05, 3.63) is 53.6 Å². The minimum absolute atomic E-state index is 0.622. The molecule has 0 saturated carbocycles. The van der Waals surface area contributed by atoms with Crippen LogP contribution in [-0.4, -0.2) is 14.1 Å². The molecule has 0 aliphatic heterocycles. The standard InChI is InChI=1S/C16H16F3N/c1-11-10-13(6-9-15(11)20(2)3)12-4-7-14(8-5-12)16(17,18)19/h4-10H,1-3H3. The minimum atomic E-state index is -4.29. The molecule has 106 valence electrons. The Bertz CT molecular complexity index is 598. The van der Waals surface area contributed by atoms with Crippen molar-refractivity contribution in [2.75, 3.05) is 19.0 Å². The summed E-state index contributed by atoms with van der Waals surface area (Å²) in [4.78, 5) is 2.01. The highest BCUT2D eigenvalue weighted by Crippen LogP contribution is 2.32. The lowest BCUT2D eigenvalue weighted by atomic mass is 10.0. The first-order valence-corrected chi connectivity index (χ1v) is 6.24. The van der Waals surface area contributed by atoms with Gasteiger partial charge in [0.1, 0.15) is 0 Å². The molecule has 0 amide bonds. The molecule has 1 nitrogen and oxygen atoms in total. The lowest BCUT2D eigenvalue weighted by Gasteiger charge is -2.16. The lowest BCUT2D eigenvalue weighted by Crippen LogP contribution is -2.10. The Labute approximate surface area is 116 Å². The van der Waals surface area contributed by atoms with E-state index < -0.39 is 11.7 Å². The van der Waals surface area contributed by atoms with Crippen molar-refractivity contribution in [3.8, 4) is 11.1 Å². The molecular formula is C16H16F3N. The molecule has 0 aliphatic carbocycles. The Balaban J connectivity index is 2.35. The van der Waals surface area contributed by atoms with E-state index in [0.29, 0.717) is 0 Å². The van der Waals surface area contributed by atoms with Crippen LogP contribution in [0.5, 0.6) is 0 Å². The molecule has 2 aromatic carbocycles. The second-order valence-electron chi connectivity index (χ2n) is 4.97. The van der Waals surface area contributed by atoms with Gasteiger partial charge in [-0.05, 0) is 47.9 Å². The molecule has 2 aromatic rings. The third-order valence-electron chi connectivity index (χ3n) is 3.22. The van der Waals surface area contributed by atoms with E-state index >= 15 is 0 Å². The average molecular weight is 279 g/mol. The van der Waals surface area contributed by atoms with E-state index in [-0.39, 0.29) is 0 Å². The van der Waals surface area contributed by atoms with Gasteiger partial charge >= 0.3 is 6.18 Å². The molecule has 0 fully saturated rings. The second kappa shape index (κ2) is 5.19. The van der Waals surface area contributed by atoms with Crippen molar-refractivity contribution in [2.45, 2.75) is 13.1 Å². The van der Waals surface area contributed by atoms with Crippen LogP contribution in [0.1, 0.15) is 11.1 Å². The van der Waals surface area contributed by atoms with Gasteiger partial charge in [0.2, 0.25) is 0 Å². The van der Waals surface area contributed by atoms with Crippen LogP contribution in [0, 0.1) is 6.92 Å². The van der Waals surface area contributed by atoms with E-state index in [4.69, 9.17) is 0 Å². The summed E-state index contributed by atoms with van der Waals surface area (Å²) in [6.07, 6.45) is -4.29. The van der Waals surface area contributed by atoms with E-state index in [0.717, 1.165) is 34.5 Å². The van der Waals surface area contributed by atoms with Gasteiger partial charge in [-0.15, -0.1) is 0 Å². The zero-order chi connectivity index (χ0) is 14.9. The number of alkyl halides is 3. The predicted octanol–water partition coefficient (Wildman–Crippen LogP) is 4.75. The number of nitrogens with zero attached hydrogens (tertiary/aromatic N) is 1. The van der Waals surface area contributed by atoms with Crippen LogP contribution in [-0.2, 0) is 6.18 Å². The van der Waals surface area contributed by atoms with Crippen molar-refractivity contribution in [3.63, 3.8) is 0 Å². The fourth-order valence-electron chi connectivity index (χ4n) is 2.19. The van der Waals surface area contributed by atoms with E-state index in [1.165, 1.54) is 12.1 Å². The Morgan fingerprint density at radius 3 is 1.85 bits per heavy atom. The predicted molar refractivity (Wildman–Crippen MR) is 75.9 cm³/mol.